The molecule has 29 heavy (non-hydrogen) atoms. The van der Waals surface area contributed by atoms with E-state index < -0.39 is 80.6 Å². The quantitative estimate of drug-likeness (QED) is 0.200. The smallest absolute Gasteiger partial charge is 0.305 e. The van der Waals surface area contributed by atoms with E-state index in [4.69, 9.17) is 24.4 Å². The maximum Gasteiger partial charge on any atom is 0.305 e. The van der Waals surface area contributed by atoms with E-state index in [0.29, 0.717) is 0 Å². The number of ether oxygens (including phenoxy) is 3. The first-order chi connectivity index (χ1) is 13.5. The van der Waals surface area contributed by atoms with Crippen molar-refractivity contribution in [2.75, 3.05) is 13.2 Å². The van der Waals surface area contributed by atoms with Crippen molar-refractivity contribution in [3.8, 4) is 0 Å². The molecule has 0 spiro atoms. The standard InChI is InChI=1S/C12H22O11.C4H8O2/c13-1-3-5(15)6(16)9(19)12(22-3)23-10-4(2-14)21-11(20)8(18)7(10)17;1-3(2)4(5)6/h3-20H,1-2H2;3H,1-2H3,(H,5,6)/t3-,4-,5+,6+,7-,8-,9-,10-,11?,12+;/m1./s1. The van der Waals surface area contributed by atoms with E-state index in [1.54, 1.807) is 13.8 Å². The van der Waals surface area contributed by atoms with Gasteiger partial charge in [-0.3, -0.25) is 4.79 Å². The molecule has 0 aromatic rings. The van der Waals surface area contributed by atoms with Crippen LogP contribution in [0.1, 0.15) is 13.8 Å². The number of carbonyl (C=O) groups is 1. The maximum atomic E-state index is 9.94. The van der Waals surface area contributed by atoms with E-state index in [9.17, 15) is 40.5 Å². The van der Waals surface area contributed by atoms with Crippen LogP contribution < -0.4 is 0 Å². The van der Waals surface area contributed by atoms with Gasteiger partial charge < -0.3 is 60.2 Å². The molecule has 2 rings (SSSR count). The minimum Gasteiger partial charge on any atom is -0.481 e. The van der Waals surface area contributed by atoms with E-state index in [1.165, 1.54) is 0 Å². The minimum absolute atomic E-state index is 0.231. The largest absolute Gasteiger partial charge is 0.481 e. The van der Waals surface area contributed by atoms with Crippen LogP contribution in [-0.2, 0) is 19.0 Å². The second-order valence-corrected chi connectivity index (χ2v) is 7.02. The summed E-state index contributed by atoms with van der Waals surface area (Å²) < 4.78 is 15.3. The van der Waals surface area contributed by atoms with Crippen molar-refractivity contribution in [1.82, 2.24) is 0 Å². The summed E-state index contributed by atoms with van der Waals surface area (Å²) >= 11 is 0. The molecule has 10 atom stereocenters. The van der Waals surface area contributed by atoms with Crippen LogP contribution in [-0.4, -0.2) is 127 Å². The van der Waals surface area contributed by atoms with Crippen molar-refractivity contribution in [2.45, 2.75) is 75.3 Å². The number of aliphatic hydroxyl groups is 8. The highest BCUT2D eigenvalue weighted by Gasteiger charge is 2.50. The molecule has 2 saturated heterocycles. The Hall–Kier alpha value is -0.970. The molecule has 9 N–H and O–H groups in total. The molecular weight excluding hydrogens is 400 g/mol. The highest BCUT2D eigenvalue weighted by molar-refractivity contribution is 5.68. The van der Waals surface area contributed by atoms with Crippen LogP contribution in [0.25, 0.3) is 0 Å². The third-order valence-corrected chi connectivity index (χ3v) is 4.47. The fraction of sp³-hybridized carbons (Fsp3) is 0.938. The van der Waals surface area contributed by atoms with Gasteiger partial charge in [0, 0.05) is 0 Å². The molecule has 13 nitrogen and oxygen atoms in total. The Morgan fingerprint density at radius 3 is 1.79 bits per heavy atom. The maximum absolute atomic E-state index is 9.94. The molecule has 0 bridgehead atoms. The van der Waals surface area contributed by atoms with Crippen molar-refractivity contribution in [1.29, 1.82) is 0 Å². The molecule has 2 heterocycles. The van der Waals surface area contributed by atoms with Gasteiger partial charge in [-0.1, -0.05) is 13.8 Å². The highest BCUT2D eigenvalue weighted by Crippen LogP contribution is 2.28. The van der Waals surface area contributed by atoms with Crippen molar-refractivity contribution >= 4 is 5.97 Å². The lowest BCUT2D eigenvalue weighted by Crippen LogP contribution is -2.64. The predicted molar refractivity (Wildman–Crippen MR) is 91.1 cm³/mol. The molecule has 0 saturated carbocycles. The summed E-state index contributed by atoms with van der Waals surface area (Å²) in [5, 5.41) is 84.5. The van der Waals surface area contributed by atoms with Gasteiger partial charge in [0.1, 0.15) is 48.8 Å². The Labute approximate surface area is 166 Å². The molecule has 0 aliphatic carbocycles. The minimum atomic E-state index is -1.74. The summed E-state index contributed by atoms with van der Waals surface area (Å²) in [5.41, 5.74) is 0. The summed E-state index contributed by atoms with van der Waals surface area (Å²) in [6.07, 6.45) is -15.6. The second kappa shape index (κ2) is 11.4. The van der Waals surface area contributed by atoms with Gasteiger partial charge >= 0.3 is 5.97 Å². The van der Waals surface area contributed by atoms with Crippen LogP contribution in [0.15, 0.2) is 0 Å². The van der Waals surface area contributed by atoms with Crippen LogP contribution in [0.3, 0.4) is 0 Å². The predicted octanol–water partition coefficient (Wildman–Crippen LogP) is -4.67. The lowest BCUT2D eigenvalue weighted by Gasteiger charge is -2.45. The Kier molecular flexibility index (Phi) is 10.3. The molecular formula is C16H30O13. The van der Waals surface area contributed by atoms with Crippen LogP contribution >= 0.6 is 0 Å². The molecule has 0 aromatic heterocycles. The first-order valence-corrected chi connectivity index (χ1v) is 8.95. The summed E-state index contributed by atoms with van der Waals surface area (Å²) in [6.45, 7) is 1.94. The second-order valence-electron chi connectivity index (χ2n) is 7.02. The molecule has 1 unspecified atom stereocenters. The zero-order valence-electron chi connectivity index (χ0n) is 15.9. The van der Waals surface area contributed by atoms with Gasteiger partial charge in [-0.25, -0.2) is 0 Å². The van der Waals surface area contributed by atoms with Gasteiger partial charge in [0.25, 0.3) is 0 Å². The topological polar surface area (TPSA) is 227 Å². The van der Waals surface area contributed by atoms with Crippen molar-refractivity contribution < 1.29 is 65.0 Å². The zero-order chi connectivity index (χ0) is 22.5. The summed E-state index contributed by atoms with van der Waals surface area (Å²) in [4.78, 5) is 9.70. The lowest BCUT2D eigenvalue weighted by atomic mass is 9.97. The van der Waals surface area contributed by atoms with Crippen molar-refractivity contribution in [3.63, 3.8) is 0 Å². The van der Waals surface area contributed by atoms with Gasteiger partial charge in [0.2, 0.25) is 0 Å². The number of hydrogen-bond donors (Lipinski definition) is 9. The average Bonchev–Trinajstić information content (AvgIpc) is 2.68. The highest BCUT2D eigenvalue weighted by atomic mass is 16.7. The van der Waals surface area contributed by atoms with E-state index >= 15 is 0 Å². The van der Waals surface area contributed by atoms with E-state index in [0.717, 1.165) is 0 Å². The summed E-state index contributed by atoms with van der Waals surface area (Å²) in [7, 11) is 0. The van der Waals surface area contributed by atoms with Crippen molar-refractivity contribution in [2.24, 2.45) is 5.92 Å². The van der Waals surface area contributed by atoms with Crippen LogP contribution in [0, 0.1) is 5.92 Å². The number of aliphatic hydroxyl groups excluding tert-OH is 8. The molecule has 172 valence electrons. The molecule has 2 aliphatic rings. The SMILES string of the molecule is CC(C)C(=O)O.OC[C@H]1O[C@@H](O[C@H]2[C@H](O)[C@@H](O)C(O)O[C@@H]2CO)[C@H](O)[C@@H](O)[C@H]1O. The number of carboxylic acid groups (broad SMARTS) is 1. The van der Waals surface area contributed by atoms with Crippen LogP contribution in [0.4, 0.5) is 0 Å². The third kappa shape index (κ3) is 6.50. The number of hydrogen-bond acceptors (Lipinski definition) is 12. The molecule has 2 fully saturated rings. The zero-order valence-corrected chi connectivity index (χ0v) is 15.9. The normalized spacial score (nSPS) is 42.9. The van der Waals surface area contributed by atoms with E-state index in [1.807, 2.05) is 0 Å². The van der Waals surface area contributed by atoms with Crippen molar-refractivity contribution in [3.05, 3.63) is 0 Å². The van der Waals surface area contributed by atoms with Gasteiger partial charge in [0.15, 0.2) is 12.6 Å². The monoisotopic (exact) mass is 430 g/mol. The first kappa shape index (κ1) is 26.1. The van der Waals surface area contributed by atoms with Gasteiger partial charge in [0.05, 0.1) is 19.1 Å². The van der Waals surface area contributed by atoms with Crippen LogP contribution in [0.5, 0.6) is 0 Å². The fourth-order valence-electron chi connectivity index (χ4n) is 2.57. The average molecular weight is 430 g/mol. The van der Waals surface area contributed by atoms with Gasteiger partial charge in [-0.2, -0.15) is 0 Å². The first-order valence-electron chi connectivity index (χ1n) is 8.95. The molecule has 0 amide bonds. The van der Waals surface area contributed by atoms with Gasteiger partial charge in [-0.15, -0.1) is 0 Å². The van der Waals surface area contributed by atoms with E-state index in [-0.39, 0.29) is 5.92 Å². The third-order valence-electron chi connectivity index (χ3n) is 4.47. The van der Waals surface area contributed by atoms with Gasteiger partial charge in [-0.05, 0) is 0 Å². The summed E-state index contributed by atoms with van der Waals surface area (Å²) in [5.74, 6) is -0.972. The number of rotatable bonds is 5. The number of aliphatic carboxylic acids is 1. The Morgan fingerprint density at radius 2 is 1.34 bits per heavy atom. The fourth-order valence-corrected chi connectivity index (χ4v) is 2.57. The lowest BCUT2D eigenvalue weighted by molar-refractivity contribution is -0.355. The Bertz CT molecular complexity index is 499. The number of carboxylic acids is 1. The Morgan fingerprint density at radius 1 is 0.828 bits per heavy atom. The molecule has 0 aromatic carbocycles. The van der Waals surface area contributed by atoms with Crippen LogP contribution in [0.2, 0.25) is 0 Å². The molecule has 13 heteroatoms. The molecule has 0 radical (unpaired) electrons. The molecule has 2 aliphatic heterocycles. The van der Waals surface area contributed by atoms with E-state index in [2.05, 4.69) is 0 Å². The summed E-state index contributed by atoms with van der Waals surface area (Å²) in [6, 6.07) is 0. The Balaban J connectivity index is 0.000000612.